The van der Waals surface area contributed by atoms with E-state index in [-0.39, 0.29) is 5.92 Å². The van der Waals surface area contributed by atoms with Crippen LogP contribution >= 0.6 is 0 Å². The van der Waals surface area contributed by atoms with Crippen LogP contribution in [0.5, 0.6) is 0 Å². The van der Waals surface area contributed by atoms with Gasteiger partial charge in [-0.1, -0.05) is 111 Å². The molecule has 166 valence electrons. The average Bonchev–Trinajstić information content (AvgIpc) is 3.17. The molecule has 0 aromatic heterocycles. The summed E-state index contributed by atoms with van der Waals surface area (Å²) in [5.41, 5.74) is 8.37. The van der Waals surface area contributed by atoms with Crippen LogP contribution in [-0.2, 0) is 21.7 Å². The molecule has 0 atom stereocenters. The standard InChI is InChI=1S/C31H30O2/c1-3-5-10-29-20-27-9-6-7-11-30(27)31(29)32-21-28(22-33-31)26-18-16-25(17-19-26)24-14-12-23(8-4-2)13-15-24/h3,5-7,9-20,28H,1,4,8,21-22H2,2H3/b10-5-. The molecule has 0 bridgehead atoms. The fourth-order valence-corrected chi connectivity index (χ4v) is 4.81. The quantitative estimate of drug-likeness (QED) is 0.376. The maximum Gasteiger partial charge on any atom is 0.222 e. The number of hydrogen-bond acceptors (Lipinski definition) is 2. The minimum Gasteiger partial charge on any atom is -0.341 e. The molecule has 3 aromatic carbocycles. The summed E-state index contributed by atoms with van der Waals surface area (Å²) in [5.74, 6) is -0.624. The molecule has 1 fully saturated rings. The molecule has 33 heavy (non-hydrogen) atoms. The van der Waals surface area contributed by atoms with E-state index in [1.54, 1.807) is 6.08 Å². The van der Waals surface area contributed by atoms with Gasteiger partial charge in [0.1, 0.15) is 0 Å². The van der Waals surface area contributed by atoms with Crippen LogP contribution in [0, 0.1) is 0 Å². The first kappa shape index (κ1) is 21.6. The molecule has 0 unspecified atom stereocenters. The van der Waals surface area contributed by atoms with E-state index in [0.29, 0.717) is 13.2 Å². The monoisotopic (exact) mass is 434 g/mol. The maximum atomic E-state index is 6.50. The molecular weight excluding hydrogens is 404 g/mol. The smallest absolute Gasteiger partial charge is 0.222 e. The van der Waals surface area contributed by atoms with E-state index >= 15 is 0 Å². The summed E-state index contributed by atoms with van der Waals surface area (Å²) < 4.78 is 13.0. The van der Waals surface area contributed by atoms with Gasteiger partial charge < -0.3 is 9.47 Å². The minimum atomic E-state index is -0.827. The molecule has 2 aliphatic rings. The number of allylic oxidation sites excluding steroid dienone is 2. The van der Waals surface area contributed by atoms with Crippen LogP contribution < -0.4 is 0 Å². The lowest BCUT2D eigenvalue weighted by atomic mass is 9.94. The van der Waals surface area contributed by atoms with Gasteiger partial charge in [0.2, 0.25) is 5.79 Å². The van der Waals surface area contributed by atoms with Crippen molar-refractivity contribution in [3.63, 3.8) is 0 Å². The van der Waals surface area contributed by atoms with Crippen molar-refractivity contribution in [1.82, 2.24) is 0 Å². The Morgan fingerprint density at radius 3 is 2.24 bits per heavy atom. The lowest BCUT2D eigenvalue weighted by Crippen LogP contribution is -2.41. The third-order valence-electron chi connectivity index (χ3n) is 6.60. The Morgan fingerprint density at radius 1 is 0.909 bits per heavy atom. The zero-order chi connectivity index (χ0) is 22.7. The largest absolute Gasteiger partial charge is 0.341 e. The molecule has 3 aromatic rings. The zero-order valence-electron chi connectivity index (χ0n) is 19.2. The average molecular weight is 435 g/mol. The van der Waals surface area contributed by atoms with Crippen molar-refractivity contribution in [1.29, 1.82) is 0 Å². The minimum absolute atomic E-state index is 0.203. The van der Waals surface area contributed by atoms with E-state index in [4.69, 9.17) is 9.47 Å². The van der Waals surface area contributed by atoms with E-state index in [9.17, 15) is 0 Å². The van der Waals surface area contributed by atoms with Crippen LogP contribution in [0.1, 0.15) is 41.5 Å². The van der Waals surface area contributed by atoms with Gasteiger partial charge in [0, 0.05) is 17.1 Å². The molecule has 1 aliphatic carbocycles. The fraction of sp³-hybridized carbons (Fsp3) is 0.226. The van der Waals surface area contributed by atoms with Crippen LogP contribution in [0.2, 0.25) is 0 Å². The van der Waals surface area contributed by atoms with Gasteiger partial charge >= 0.3 is 0 Å². The maximum absolute atomic E-state index is 6.50. The Bertz CT molecular complexity index is 1170. The van der Waals surface area contributed by atoms with E-state index < -0.39 is 5.79 Å². The second-order valence-electron chi connectivity index (χ2n) is 8.79. The van der Waals surface area contributed by atoms with Gasteiger partial charge in [-0.2, -0.15) is 0 Å². The Labute approximate surface area is 196 Å². The third-order valence-corrected chi connectivity index (χ3v) is 6.60. The van der Waals surface area contributed by atoms with Gasteiger partial charge in [0.05, 0.1) is 13.2 Å². The molecular formula is C31H30O2. The molecule has 1 heterocycles. The Morgan fingerprint density at radius 2 is 1.58 bits per heavy atom. The highest BCUT2D eigenvalue weighted by atomic mass is 16.7. The molecule has 1 saturated heterocycles. The first-order valence-corrected chi connectivity index (χ1v) is 11.8. The van der Waals surface area contributed by atoms with Crippen LogP contribution in [-0.4, -0.2) is 13.2 Å². The van der Waals surface area contributed by atoms with Gasteiger partial charge in [-0.25, -0.2) is 0 Å². The second kappa shape index (κ2) is 9.35. The van der Waals surface area contributed by atoms with Gasteiger partial charge in [-0.05, 0) is 40.3 Å². The lowest BCUT2D eigenvalue weighted by molar-refractivity contribution is -0.255. The third kappa shape index (κ3) is 4.13. The Balaban J connectivity index is 1.32. The van der Waals surface area contributed by atoms with Crippen molar-refractivity contribution < 1.29 is 9.47 Å². The molecule has 1 spiro atoms. The molecule has 1 aliphatic heterocycles. The van der Waals surface area contributed by atoms with Crippen LogP contribution in [0.25, 0.3) is 17.2 Å². The number of ether oxygens (including phenoxy) is 2. The van der Waals surface area contributed by atoms with Crippen molar-refractivity contribution in [3.05, 3.63) is 125 Å². The number of fused-ring (bicyclic) bond motifs is 2. The summed E-state index contributed by atoms with van der Waals surface area (Å²) in [6.07, 6.45) is 10.2. The topological polar surface area (TPSA) is 18.5 Å². The summed E-state index contributed by atoms with van der Waals surface area (Å²) >= 11 is 0. The first-order chi connectivity index (χ1) is 16.2. The predicted octanol–water partition coefficient (Wildman–Crippen LogP) is 7.43. The van der Waals surface area contributed by atoms with E-state index in [1.165, 1.54) is 28.7 Å². The highest BCUT2D eigenvalue weighted by molar-refractivity contribution is 5.70. The Kier molecular flexibility index (Phi) is 6.13. The van der Waals surface area contributed by atoms with Crippen molar-refractivity contribution in [2.75, 3.05) is 13.2 Å². The fourth-order valence-electron chi connectivity index (χ4n) is 4.81. The Hall–Kier alpha value is -3.20. The summed E-state index contributed by atoms with van der Waals surface area (Å²) in [6.45, 7) is 7.24. The van der Waals surface area contributed by atoms with Crippen molar-refractivity contribution in [2.24, 2.45) is 0 Å². The van der Waals surface area contributed by atoms with Gasteiger partial charge in [0.15, 0.2) is 0 Å². The number of hydrogen-bond donors (Lipinski definition) is 0. The zero-order valence-corrected chi connectivity index (χ0v) is 19.2. The lowest BCUT2D eigenvalue weighted by Gasteiger charge is -2.39. The summed E-state index contributed by atoms with van der Waals surface area (Å²) in [7, 11) is 0. The summed E-state index contributed by atoms with van der Waals surface area (Å²) in [4.78, 5) is 0. The first-order valence-electron chi connectivity index (χ1n) is 11.8. The molecule has 2 nitrogen and oxygen atoms in total. The summed E-state index contributed by atoms with van der Waals surface area (Å²) in [5, 5.41) is 0. The molecule has 0 N–H and O–H groups in total. The van der Waals surface area contributed by atoms with Crippen molar-refractivity contribution in [3.8, 4) is 11.1 Å². The highest BCUT2D eigenvalue weighted by Crippen LogP contribution is 2.47. The van der Waals surface area contributed by atoms with Crippen LogP contribution in [0.3, 0.4) is 0 Å². The normalized spacial score (nSPS) is 21.8. The van der Waals surface area contributed by atoms with Crippen molar-refractivity contribution in [2.45, 2.75) is 31.5 Å². The second-order valence-corrected chi connectivity index (χ2v) is 8.79. The van der Waals surface area contributed by atoms with Gasteiger partial charge in [-0.15, -0.1) is 0 Å². The predicted molar refractivity (Wildman–Crippen MR) is 136 cm³/mol. The highest BCUT2D eigenvalue weighted by Gasteiger charge is 2.46. The van der Waals surface area contributed by atoms with Gasteiger partial charge in [0.25, 0.3) is 0 Å². The van der Waals surface area contributed by atoms with E-state index in [0.717, 1.165) is 23.1 Å². The number of rotatable bonds is 6. The molecule has 0 saturated carbocycles. The molecule has 0 amide bonds. The number of benzene rings is 3. The van der Waals surface area contributed by atoms with E-state index in [2.05, 4.69) is 80.2 Å². The van der Waals surface area contributed by atoms with Crippen molar-refractivity contribution >= 4 is 6.08 Å². The van der Waals surface area contributed by atoms with Crippen LogP contribution in [0.15, 0.2) is 103 Å². The summed E-state index contributed by atoms with van der Waals surface area (Å²) in [6, 6.07) is 26.0. The number of aryl methyl sites for hydroxylation is 1. The SMILES string of the molecule is C=C/C=C\C1=Cc2ccccc2C12OCC(c1ccc(-c3ccc(CCC)cc3)cc1)CO2. The molecule has 2 heteroatoms. The van der Waals surface area contributed by atoms with E-state index in [1.807, 2.05) is 24.3 Å². The molecule has 0 radical (unpaired) electrons. The van der Waals surface area contributed by atoms with Crippen LogP contribution in [0.4, 0.5) is 0 Å². The molecule has 5 rings (SSSR count). The van der Waals surface area contributed by atoms with Gasteiger partial charge in [-0.3, -0.25) is 0 Å².